The van der Waals surface area contributed by atoms with E-state index in [1.54, 1.807) is 13.8 Å². The number of epoxide rings is 1. The van der Waals surface area contributed by atoms with E-state index in [1.165, 1.54) is 6.92 Å². The van der Waals surface area contributed by atoms with Crippen molar-refractivity contribution in [2.24, 2.45) is 11.8 Å². The fourth-order valence-corrected chi connectivity index (χ4v) is 4.81. The number of allylic oxidation sites excluding steroid dienone is 1. The molecule has 2 saturated heterocycles. The van der Waals surface area contributed by atoms with Crippen LogP contribution in [0.4, 0.5) is 0 Å². The number of carbonyl (C=O) groups excluding carboxylic acids is 3. The molecule has 0 saturated carbocycles. The molecule has 0 radical (unpaired) electrons. The first kappa shape index (κ1) is 19.9. The first-order chi connectivity index (χ1) is 13.6. The van der Waals surface area contributed by atoms with Crippen molar-refractivity contribution in [1.82, 2.24) is 0 Å². The van der Waals surface area contributed by atoms with Gasteiger partial charge in [-0.15, -0.1) is 0 Å². The number of rotatable bonds is 3. The fraction of sp³-hybridized carbons (Fsp3) is 0.591. The minimum absolute atomic E-state index is 0.142. The third-order valence-electron chi connectivity index (χ3n) is 6.77. The summed E-state index contributed by atoms with van der Waals surface area (Å²) >= 11 is 0. The molecule has 7 atom stereocenters. The maximum atomic E-state index is 12.8. The smallest absolute Gasteiger partial charge is 0.341 e. The molecule has 0 spiro atoms. The normalized spacial score (nSPS) is 40.5. The Hall–Kier alpha value is -2.41. The SMILES string of the molecule is C=C1C(=O)O[C@@H]2[C@H]3C(C)=CCC3=C(C)[C@@H](OC(=O)[C@@]3(C)O[C@@H]3C)[C@H](OC(C)=O)[C@@H]12. The Morgan fingerprint density at radius 2 is 1.93 bits per heavy atom. The van der Waals surface area contributed by atoms with Gasteiger partial charge in [0.15, 0.2) is 17.8 Å². The molecule has 7 nitrogen and oxygen atoms in total. The highest BCUT2D eigenvalue weighted by Gasteiger charge is 2.60. The van der Waals surface area contributed by atoms with Crippen molar-refractivity contribution in [2.45, 2.75) is 71.1 Å². The van der Waals surface area contributed by atoms with Gasteiger partial charge in [-0.1, -0.05) is 23.8 Å². The molecular weight excluding hydrogens is 376 g/mol. The number of hydrogen-bond acceptors (Lipinski definition) is 7. The summed E-state index contributed by atoms with van der Waals surface area (Å²) in [5.74, 6) is -2.29. The Bertz CT molecular complexity index is 882. The van der Waals surface area contributed by atoms with Crippen molar-refractivity contribution in [3.63, 3.8) is 0 Å². The molecule has 0 amide bonds. The highest BCUT2D eigenvalue weighted by Crippen LogP contribution is 2.50. The van der Waals surface area contributed by atoms with Crippen molar-refractivity contribution in [3.05, 3.63) is 34.9 Å². The van der Waals surface area contributed by atoms with Crippen LogP contribution in [0.15, 0.2) is 34.9 Å². The minimum Gasteiger partial charge on any atom is -0.457 e. The summed E-state index contributed by atoms with van der Waals surface area (Å²) in [5.41, 5.74) is 2.15. The van der Waals surface area contributed by atoms with Crippen LogP contribution in [-0.4, -0.2) is 47.9 Å². The van der Waals surface area contributed by atoms with Crippen molar-refractivity contribution >= 4 is 17.9 Å². The molecule has 2 heterocycles. The van der Waals surface area contributed by atoms with Gasteiger partial charge in [0.05, 0.1) is 12.0 Å². The zero-order chi connectivity index (χ0) is 21.2. The molecule has 0 unspecified atom stereocenters. The van der Waals surface area contributed by atoms with Crippen molar-refractivity contribution in [2.75, 3.05) is 0 Å². The van der Waals surface area contributed by atoms with Crippen LogP contribution < -0.4 is 0 Å². The van der Waals surface area contributed by atoms with E-state index in [0.717, 1.165) is 16.7 Å². The van der Waals surface area contributed by atoms with Crippen LogP contribution in [0.5, 0.6) is 0 Å². The van der Waals surface area contributed by atoms with E-state index >= 15 is 0 Å². The predicted octanol–water partition coefficient (Wildman–Crippen LogP) is 2.40. The monoisotopic (exact) mass is 402 g/mol. The van der Waals surface area contributed by atoms with Gasteiger partial charge >= 0.3 is 17.9 Å². The molecular formula is C22H26O7. The van der Waals surface area contributed by atoms with Crippen LogP contribution >= 0.6 is 0 Å². The molecule has 0 bridgehead atoms. The number of hydrogen-bond donors (Lipinski definition) is 0. The Morgan fingerprint density at radius 3 is 2.52 bits per heavy atom. The van der Waals surface area contributed by atoms with Crippen LogP contribution in [0.2, 0.25) is 0 Å². The minimum atomic E-state index is -1.01. The molecule has 2 aliphatic carbocycles. The van der Waals surface area contributed by atoms with Crippen LogP contribution in [0, 0.1) is 11.8 Å². The van der Waals surface area contributed by atoms with Gasteiger partial charge in [0.1, 0.15) is 6.10 Å². The lowest BCUT2D eigenvalue weighted by atomic mass is 9.82. The van der Waals surface area contributed by atoms with E-state index in [0.29, 0.717) is 6.42 Å². The summed E-state index contributed by atoms with van der Waals surface area (Å²) in [6, 6.07) is 0. The lowest BCUT2D eigenvalue weighted by molar-refractivity contribution is -0.171. The molecule has 2 aliphatic heterocycles. The Morgan fingerprint density at radius 1 is 1.28 bits per heavy atom. The Balaban J connectivity index is 1.79. The zero-order valence-electron chi connectivity index (χ0n) is 17.3. The van der Waals surface area contributed by atoms with Gasteiger partial charge in [0.2, 0.25) is 0 Å². The highest BCUT2D eigenvalue weighted by atomic mass is 16.7. The van der Waals surface area contributed by atoms with Gasteiger partial charge < -0.3 is 18.9 Å². The van der Waals surface area contributed by atoms with Gasteiger partial charge in [-0.05, 0) is 39.7 Å². The second kappa shape index (κ2) is 6.55. The third kappa shape index (κ3) is 2.94. The average Bonchev–Trinajstić information content (AvgIpc) is 2.97. The Kier molecular flexibility index (Phi) is 4.49. The maximum Gasteiger partial charge on any atom is 0.341 e. The topological polar surface area (TPSA) is 91.4 Å². The first-order valence-electron chi connectivity index (χ1n) is 9.88. The molecule has 0 aromatic carbocycles. The van der Waals surface area contributed by atoms with Gasteiger partial charge in [-0.25, -0.2) is 9.59 Å². The summed E-state index contributed by atoms with van der Waals surface area (Å²) in [7, 11) is 0. The third-order valence-corrected chi connectivity index (χ3v) is 6.77. The van der Waals surface area contributed by atoms with Crippen LogP contribution in [0.25, 0.3) is 0 Å². The summed E-state index contributed by atoms with van der Waals surface area (Å²) in [6.07, 6.45) is 0.220. The first-order valence-corrected chi connectivity index (χ1v) is 9.88. The summed E-state index contributed by atoms with van der Waals surface area (Å²) in [6.45, 7) is 12.5. The van der Waals surface area contributed by atoms with Crippen molar-refractivity contribution in [1.29, 1.82) is 0 Å². The van der Waals surface area contributed by atoms with Crippen molar-refractivity contribution < 1.29 is 33.3 Å². The number of carbonyl (C=O) groups is 3. The summed E-state index contributed by atoms with van der Waals surface area (Å²) in [5, 5.41) is 0. The van der Waals surface area contributed by atoms with Crippen molar-refractivity contribution in [3.8, 4) is 0 Å². The highest BCUT2D eigenvalue weighted by molar-refractivity contribution is 5.91. The molecule has 7 heteroatoms. The van der Waals surface area contributed by atoms with Gasteiger partial charge in [0.25, 0.3) is 0 Å². The molecule has 29 heavy (non-hydrogen) atoms. The standard InChI is InChI=1S/C22H26O7/c1-9-7-8-14-10(2)17(28-21(25)22(6)12(4)29-22)19(26-13(5)23)16-11(3)20(24)27-18(16)15(9)14/h7,12,15-19H,3,8H2,1-2,4-6H3/t12-,15+,16+,17-,18-,19-,22+/m1/s1. The average molecular weight is 402 g/mol. The fourth-order valence-electron chi connectivity index (χ4n) is 4.81. The number of esters is 3. The van der Waals surface area contributed by atoms with Crippen LogP contribution in [0.3, 0.4) is 0 Å². The van der Waals surface area contributed by atoms with Gasteiger partial charge in [0, 0.05) is 18.4 Å². The molecule has 4 aliphatic rings. The largest absolute Gasteiger partial charge is 0.457 e. The molecule has 0 aromatic heterocycles. The molecule has 0 N–H and O–H groups in total. The predicted molar refractivity (Wildman–Crippen MR) is 101 cm³/mol. The quantitative estimate of drug-likeness (QED) is 0.235. The van der Waals surface area contributed by atoms with E-state index in [1.807, 2.05) is 13.8 Å². The number of ether oxygens (including phenoxy) is 4. The second-order valence-electron chi connectivity index (χ2n) is 8.53. The van der Waals surface area contributed by atoms with E-state index < -0.39 is 47.7 Å². The van der Waals surface area contributed by atoms with Crippen LogP contribution in [-0.2, 0) is 33.3 Å². The van der Waals surface area contributed by atoms with Gasteiger partial charge in [-0.2, -0.15) is 0 Å². The molecule has 156 valence electrons. The molecule has 4 rings (SSSR count). The molecule has 0 aromatic rings. The van der Waals surface area contributed by atoms with E-state index in [4.69, 9.17) is 18.9 Å². The lowest BCUT2D eigenvalue weighted by Gasteiger charge is -2.32. The van der Waals surface area contributed by atoms with E-state index in [2.05, 4.69) is 12.7 Å². The maximum absolute atomic E-state index is 12.8. The Labute approximate surface area is 169 Å². The second-order valence-corrected chi connectivity index (χ2v) is 8.53. The van der Waals surface area contributed by atoms with Crippen LogP contribution in [0.1, 0.15) is 41.0 Å². The van der Waals surface area contributed by atoms with E-state index in [9.17, 15) is 14.4 Å². The zero-order valence-corrected chi connectivity index (χ0v) is 17.3. The summed E-state index contributed by atoms with van der Waals surface area (Å²) in [4.78, 5) is 37.2. The number of fused-ring (bicyclic) bond motifs is 3. The molecule has 2 fully saturated rings. The summed E-state index contributed by atoms with van der Waals surface area (Å²) < 4.78 is 22.6. The van der Waals surface area contributed by atoms with E-state index in [-0.39, 0.29) is 17.6 Å². The lowest BCUT2D eigenvalue weighted by Crippen LogP contribution is -2.45. The van der Waals surface area contributed by atoms with Gasteiger partial charge in [-0.3, -0.25) is 4.79 Å².